The van der Waals surface area contributed by atoms with Gasteiger partial charge in [0, 0.05) is 45.0 Å². The number of piperazine rings is 1. The van der Waals surface area contributed by atoms with E-state index in [0.29, 0.717) is 19.0 Å². The van der Waals surface area contributed by atoms with Crippen LogP contribution in [0.5, 0.6) is 0 Å². The Balaban J connectivity index is 1.49. The molecule has 0 spiro atoms. The second-order valence-electron chi connectivity index (χ2n) is 7.47. The summed E-state index contributed by atoms with van der Waals surface area (Å²) in [6, 6.07) is 8.46. The monoisotopic (exact) mass is 343 g/mol. The molecule has 1 atom stereocenters. The van der Waals surface area contributed by atoms with Crippen LogP contribution in [0.15, 0.2) is 24.3 Å². The van der Waals surface area contributed by atoms with E-state index in [0.717, 1.165) is 32.6 Å². The first-order valence-electron chi connectivity index (χ1n) is 9.40. The van der Waals surface area contributed by atoms with Crippen molar-refractivity contribution in [1.29, 1.82) is 0 Å². The molecule has 0 aromatic heterocycles. The summed E-state index contributed by atoms with van der Waals surface area (Å²) in [4.78, 5) is 30.9. The van der Waals surface area contributed by atoms with E-state index in [-0.39, 0.29) is 18.2 Å². The van der Waals surface area contributed by atoms with Crippen molar-refractivity contribution in [3.05, 3.63) is 29.8 Å². The SMILES string of the molecule is Cc1cccc(N2CCN(C(=O)CC(=O)N3CCCC(C)C3)CC2)c1. The summed E-state index contributed by atoms with van der Waals surface area (Å²) in [6.07, 6.45) is 2.26. The number of hydrogen-bond acceptors (Lipinski definition) is 3. The topological polar surface area (TPSA) is 43.9 Å². The van der Waals surface area contributed by atoms with E-state index in [2.05, 4.69) is 43.0 Å². The van der Waals surface area contributed by atoms with Gasteiger partial charge in [0.1, 0.15) is 6.42 Å². The van der Waals surface area contributed by atoms with Crippen molar-refractivity contribution in [1.82, 2.24) is 9.80 Å². The molecule has 3 rings (SSSR count). The van der Waals surface area contributed by atoms with Crippen molar-refractivity contribution < 1.29 is 9.59 Å². The molecule has 0 aliphatic carbocycles. The summed E-state index contributed by atoms with van der Waals surface area (Å²) in [7, 11) is 0. The molecule has 2 heterocycles. The Morgan fingerprint density at radius 2 is 1.76 bits per heavy atom. The third-order valence-corrected chi connectivity index (χ3v) is 5.31. The maximum absolute atomic E-state index is 12.5. The van der Waals surface area contributed by atoms with Gasteiger partial charge in [-0.05, 0) is 43.4 Å². The van der Waals surface area contributed by atoms with Crippen LogP contribution in [0.25, 0.3) is 0 Å². The number of piperidine rings is 1. The molecule has 1 aromatic rings. The van der Waals surface area contributed by atoms with Crippen molar-refractivity contribution in [3.8, 4) is 0 Å². The minimum absolute atomic E-state index is 0.00216. The maximum Gasteiger partial charge on any atom is 0.232 e. The fraction of sp³-hybridized carbons (Fsp3) is 0.600. The normalized spacial score (nSPS) is 21.4. The Hall–Kier alpha value is -2.04. The molecule has 5 nitrogen and oxygen atoms in total. The van der Waals surface area contributed by atoms with Crippen molar-refractivity contribution in [2.75, 3.05) is 44.2 Å². The van der Waals surface area contributed by atoms with Crippen LogP contribution in [0.2, 0.25) is 0 Å². The van der Waals surface area contributed by atoms with E-state index in [1.807, 2.05) is 9.80 Å². The van der Waals surface area contributed by atoms with Crippen LogP contribution in [0.1, 0.15) is 31.7 Å². The number of anilines is 1. The van der Waals surface area contributed by atoms with Crippen molar-refractivity contribution in [3.63, 3.8) is 0 Å². The molecule has 1 aromatic carbocycles. The lowest BCUT2D eigenvalue weighted by atomic mass is 10.00. The number of rotatable bonds is 3. The predicted octanol–water partition coefficient (Wildman–Crippen LogP) is 2.29. The molecule has 0 bridgehead atoms. The third-order valence-electron chi connectivity index (χ3n) is 5.31. The van der Waals surface area contributed by atoms with E-state index in [9.17, 15) is 9.59 Å². The Morgan fingerprint density at radius 3 is 2.44 bits per heavy atom. The molecule has 2 aliphatic heterocycles. The molecule has 1 unspecified atom stereocenters. The summed E-state index contributed by atoms with van der Waals surface area (Å²) in [5.41, 5.74) is 2.46. The molecule has 5 heteroatoms. The molecule has 2 amide bonds. The number of hydrogen-bond donors (Lipinski definition) is 0. The van der Waals surface area contributed by atoms with Gasteiger partial charge < -0.3 is 14.7 Å². The molecule has 0 saturated carbocycles. The summed E-state index contributed by atoms with van der Waals surface area (Å²) in [5, 5.41) is 0. The van der Waals surface area contributed by atoms with Crippen molar-refractivity contribution in [2.24, 2.45) is 5.92 Å². The van der Waals surface area contributed by atoms with Crippen LogP contribution >= 0.6 is 0 Å². The summed E-state index contributed by atoms with van der Waals surface area (Å²) < 4.78 is 0. The Morgan fingerprint density at radius 1 is 1.04 bits per heavy atom. The van der Waals surface area contributed by atoms with Crippen molar-refractivity contribution in [2.45, 2.75) is 33.1 Å². The van der Waals surface area contributed by atoms with Gasteiger partial charge in [-0.1, -0.05) is 19.1 Å². The minimum Gasteiger partial charge on any atom is -0.368 e. The molecule has 2 saturated heterocycles. The lowest BCUT2D eigenvalue weighted by Crippen LogP contribution is -2.50. The molecule has 0 radical (unpaired) electrons. The Kier molecular flexibility index (Phi) is 5.61. The highest BCUT2D eigenvalue weighted by atomic mass is 16.2. The first-order valence-corrected chi connectivity index (χ1v) is 9.40. The maximum atomic E-state index is 12.5. The molecular formula is C20H29N3O2. The summed E-state index contributed by atoms with van der Waals surface area (Å²) in [6.45, 7) is 8.90. The van der Waals surface area contributed by atoms with Gasteiger partial charge >= 0.3 is 0 Å². The fourth-order valence-corrected chi connectivity index (χ4v) is 3.81. The highest BCUT2D eigenvalue weighted by molar-refractivity contribution is 5.97. The fourth-order valence-electron chi connectivity index (χ4n) is 3.81. The van der Waals surface area contributed by atoms with Gasteiger partial charge in [0.25, 0.3) is 0 Å². The number of benzene rings is 1. The number of carbonyl (C=O) groups is 2. The molecule has 25 heavy (non-hydrogen) atoms. The van der Waals surface area contributed by atoms with Gasteiger partial charge in [0.15, 0.2) is 0 Å². The van der Waals surface area contributed by atoms with E-state index in [4.69, 9.17) is 0 Å². The highest BCUT2D eigenvalue weighted by Gasteiger charge is 2.26. The van der Waals surface area contributed by atoms with Gasteiger partial charge in [-0.15, -0.1) is 0 Å². The Bertz CT molecular complexity index is 623. The Labute approximate surface area is 150 Å². The van der Waals surface area contributed by atoms with Gasteiger partial charge in [0.2, 0.25) is 11.8 Å². The third kappa shape index (κ3) is 4.53. The molecule has 2 fully saturated rings. The smallest absolute Gasteiger partial charge is 0.232 e. The van der Waals surface area contributed by atoms with Crippen LogP contribution in [0, 0.1) is 12.8 Å². The second-order valence-corrected chi connectivity index (χ2v) is 7.47. The number of amides is 2. The lowest BCUT2D eigenvalue weighted by Gasteiger charge is -2.37. The lowest BCUT2D eigenvalue weighted by molar-refractivity contribution is -0.141. The highest BCUT2D eigenvalue weighted by Crippen LogP contribution is 2.19. The van der Waals surface area contributed by atoms with E-state index < -0.39 is 0 Å². The standard InChI is InChI=1S/C20H29N3O2/c1-16-5-3-7-18(13-16)21-9-11-22(12-10-21)19(24)14-20(25)23-8-4-6-17(2)15-23/h3,5,7,13,17H,4,6,8-12,14-15H2,1-2H3. The van der Waals surface area contributed by atoms with Gasteiger partial charge in [0.05, 0.1) is 0 Å². The zero-order valence-corrected chi connectivity index (χ0v) is 15.4. The van der Waals surface area contributed by atoms with Gasteiger partial charge in [-0.2, -0.15) is 0 Å². The van der Waals surface area contributed by atoms with Crippen LogP contribution in [0.3, 0.4) is 0 Å². The molecular weight excluding hydrogens is 314 g/mol. The second kappa shape index (κ2) is 7.89. The van der Waals surface area contributed by atoms with Crippen LogP contribution in [-0.2, 0) is 9.59 Å². The number of nitrogens with zero attached hydrogens (tertiary/aromatic N) is 3. The summed E-state index contributed by atoms with van der Waals surface area (Å²) in [5.74, 6) is 0.524. The quantitative estimate of drug-likeness (QED) is 0.791. The average Bonchev–Trinajstić information content (AvgIpc) is 2.62. The number of aryl methyl sites for hydroxylation is 1. The van der Waals surface area contributed by atoms with Crippen molar-refractivity contribution >= 4 is 17.5 Å². The largest absolute Gasteiger partial charge is 0.368 e. The van der Waals surface area contributed by atoms with Gasteiger partial charge in [-0.25, -0.2) is 0 Å². The summed E-state index contributed by atoms with van der Waals surface area (Å²) >= 11 is 0. The van der Waals surface area contributed by atoms with Crippen LogP contribution in [-0.4, -0.2) is 60.9 Å². The average molecular weight is 343 g/mol. The van der Waals surface area contributed by atoms with E-state index >= 15 is 0 Å². The van der Waals surface area contributed by atoms with E-state index in [1.54, 1.807) is 0 Å². The van der Waals surface area contributed by atoms with Crippen LogP contribution in [0.4, 0.5) is 5.69 Å². The van der Waals surface area contributed by atoms with Gasteiger partial charge in [-0.3, -0.25) is 9.59 Å². The molecule has 0 N–H and O–H groups in total. The first-order chi connectivity index (χ1) is 12.0. The zero-order valence-electron chi connectivity index (χ0n) is 15.4. The first kappa shape index (κ1) is 17.8. The number of likely N-dealkylation sites (tertiary alicyclic amines) is 1. The number of carbonyl (C=O) groups excluding carboxylic acids is 2. The zero-order chi connectivity index (χ0) is 17.8. The minimum atomic E-state index is -0.0212. The predicted molar refractivity (Wildman–Crippen MR) is 99.6 cm³/mol. The molecule has 136 valence electrons. The van der Waals surface area contributed by atoms with E-state index in [1.165, 1.54) is 17.7 Å². The molecule has 2 aliphatic rings. The van der Waals surface area contributed by atoms with Crippen LogP contribution < -0.4 is 4.90 Å².